The topological polar surface area (TPSA) is 148 Å². The summed E-state index contributed by atoms with van der Waals surface area (Å²) in [5, 5.41) is -2.20. The lowest BCUT2D eigenvalue weighted by molar-refractivity contribution is -0.680. The normalized spacial score (nSPS) is 17.4. The summed E-state index contributed by atoms with van der Waals surface area (Å²) in [5.74, 6) is 0.124. The van der Waals surface area contributed by atoms with Gasteiger partial charge in [0.05, 0.1) is 6.20 Å². The monoisotopic (exact) mass is 282 g/mol. The molecule has 0 aliphatic carbocycles. The first-order valence-electron chi connectivity index (χ1n) is 4.45. The van der Waals surface area contributed by atoms with Crippen LogP contribution in [0.3, 0.4) is 0 Å². The molecule has 96 valence electrons. The maximum absolute atomic E-state index is 11.0. The van der Waals surface area contributed by atoms with Crippen LogP contribution in [0.1, 0.15) is 0 Å². The van der Waals surface area contributed by atoms with Crippen LogP contribution in [0.15, 0.2) is 24.4 Å². The highest BCUT2D eigenvalue weighted by Crippen LogP contribution is 2.57. The van der Waals surface area contributed by atoms with Crippen molar-refractivity contribution < 1.29 is 33.3 Å². The van der Waals surface area contributed by atoms with Gasteiger partial charge in [0.1, 0.15) is 6.54 Å². The molecule has 2 atom stereocenters. The van der Waals surface area contributed by atoms with E-state index in [-0.39, 0.29) is 5.82 Å². The highest BCUT2D eigenvalue weighted by molar-refractivity contribution is 7.70. The van der Waals surface area contributed by atoms with Gasteiger partial charge in [-0.15, -0.1) is 0 Å². The SMILES string of the molecule is Nc1cccc[n+]1CC(P(=O)([O-])O)P(=O)(O)O. The van der Waals surface area contributed by atoms with Gasteiger partial charge in [-0.25, -0.2) is 4.57 Å². The van der Waals surface area contributed by atoms with E-state index in [2.05, 4.69) is 0 Å². The Balaban J connectivity index is 3.09. The molecule has 8 nitrogen and oxygen atoms in total. The van der Waals surface area contributed by atoms with Crippen LogP contribution in [0.5, 0.6) is 0 Å². The van der Waals surface area contributed by atoms with Gasteiger partial charge in [0, 0.05) is 6.07 Å². The number of pyridine rings is 1. The molecule has 0 saturated heterocycles. The third kappa shape index (κ3) is 3.89. The van der Waals surface area contributed by atoms with Crippen molar-refractivity contribution >= 4 is 21.0 Å². The Kier molecular flexibility index (Phi) is 4.09. The lowest BCUT2D eigenvalue weighted by atomic mass is 10.4. The molecule has 0 aromatic carbocycles. The van der Waals surface area contributed by atoms with Crippen molar-refractivity contribution in [1.82, 2.24) is 0 Å². The fourth-order valence-electron chi connectivity index (χ4n) is 1.23. The van der Waals surface area contributed by atoms with Crippen LogP contribution in [0.25, 0.3) is 0 Å². The first kappa shape index (κ1) is 14.3. The third-order valence-electron chi connectivity index (χ3n) is 2.10. The predicted octanol–water partition coefficient (Wildman–Crippen LogP) is -1.39. The summed E-state index contributed by atoms with van der Waals surface area (Å²) in [5.41, 5.74) is 5.49. The van der Waals surface area contributed by atoms with Crippen LogP contribution in [0, 0.1) is 0 Å². The molecule has 1 rings (SSSR count). The molecule has 0 radical (unpaired) electrons. The second kappa shape index (κ2) is 4.86. The maximum Gasteiger partial charge on any atom is 0.341 e. The summed E-state index contributed by atoms with van der Waals surface area (Å²) in [4.78, 5) is 37.5. The largest absolute Gasteiger partial charge is 0.778 e. The Morgan fingerprint density at radius 3 is 2.35 bits per heavy atom. The van der Waals surface area contributed by atoms with Crippen LogP contribution in [0.4, 0.5) is 5.82 Å². The zero-order valence-corrected chi connectivity index (χ0v) is 10.4. The number of hydrogen-bond donors (Lipinski definition) is 4. The van der Waals surface area contributed by atoms with Crippen LogP contribution < -0.4 is 15.2 Å². The minimum Gasteiger partial charge on any atom is -0.778 e. The molecule has 0 spiro atoms. The van der Waals surface area contributed by atoms with Crippen molar-refractivity contribution in [3.8, 4) is 0 Å². The first-order valence-corrected chi connectivity index (χ1v) is 7.78. The Bertz CT molecular complexity index is 473. The van der Waals surface area contributed by atoms with Crippen LogP contribution in [0.2, 0.25) is 0 Å². The van der Waals surface area contributed by atoms with Gasteiger partial charge in [-0.1, -0.05) is 6.07 Å². The third-order valence-corrected chi connectivity index (χ3v) is 5.74. The molecule has 17 heavy (non-hydrogen) atoms. The van der Waals surface area contributed by atoms with Gasteiger partial charge in [-0.3, -0.25) is 10.3 Å². The van der Waals surface area contributed by atoms with Gasteiger partial charge in [-0.2, -0.15) is 0 Å². The fraction of sp³-hybridized carbons (Fsp3) is 0.286. The van der Waals surface area contributed by atoms with Crippen LogP contribution in [-0.4, -0.2) is 20.1 Å². The van der Waals surface area contributed by atoms with E-state index in [1.54, 1.807) is 6.07 Å². The van der Waals surface area contributed by atoms with Crippen molar-refractivity contribution in [2.75, 3.05) is 5.73 Å². The molecular weight excluding hydrogens is 270 g/mol. The molecule has 0 aliphatic heterocycles. The quantitative estimate of drug-likeness (QED) is 0.392. The van der Waals surface area contributed by atoms with Crippen LogP contribution >= 0.6 is 15.2 Å². The summed E-state index contributed by atoms with van der Waals surface area (Å²) in [7, 11) is -10.2. The van der Waals surface area contributed by atoms with Gasteiger partial charge in [-0.05, 0) is 6.07 Å². The lowest BCUT2D eigenvalue weighted by Gasteiger charge is -2.26. The number of rotatable bonds is 4. The van der Waals surface area contributed by atoms with Crippen molar-refractivity contribution in [3.63, 3.8) is 0 Å². The van der Waals surface area contributed by atoms with E-state index < -0.39 is 27.1 Å². The van der Waals surface area contributed by atoms with Crippen molar-refractivity contribution in [3.05, 3.63) is 24.4 Å². The molecule has 0 fully saturated rings. The average Bonchev–Trinajstić information content (AvgIpc) is 2.12. The van der Waals surface area contributed by atoms with Crippen molar-refractivity contribution in [2.24, 2.45) is 0 Å². The molecule has 5 N–H and O–H groups in total. The standard InChI is InChI=1S/C7H12N2O6P2/c8-6-3-1-2-4-9(6)5-7(16(10,11)12)17(13,14)15/h1-4,7-8H,5H2,(H4,10,11,12,13,14,15). The molecule has 0 aliphatic rings. The molecule has 2 unspecified atom stereocenters. The summed E-state index contributed by atoms with van der Waals surface area (Å²) in [6.45, 7) is -0.617. The van der Waals surface area contributed by atoms with Crippen molar-refractivity contribution in [2.45, 2.75) is 11.9 Å². The summed E-state index contributed by atoms with van der Waals surface area (Å²) in [6, 6.07) is 4.53. The van der Waals surface area contributed by atoms with Gasteiger partial charge in [0.2, 0.25) is 0 Å². The van der Waals surface area contributed by atoms with E-state index in [9.17, 15) is 14.0 Å². The highest BCUT2D eigenvalue weighted by atomic mass is 31.2. The highest BCUT2D eigenvalue weighted by Gasteiger charge is 2.39. The number of anilines is 1. The summed E-state index contributed by atoms with van der Waals surface area (Å²) in [6.07, 6.45) is 1.35. The summed E-state index contributed by atoms with van der Waals surface area (Å²) < 4.78 is 23.1. The number of nitrogens with zero attached hydrogens (tertiary/aromatic N) is 1. The fourth-order valence-corrected chi connectivity index (χ4v) is 3.52. The second-order valence-corrected chi connectivity index (χ2v) is 7.37. The minimum absolute atomic E-state index is 0.124. The first-order chi connectivity index (χ1) is 7.62. The zero-order chi connectivity index (χ0) is 13.3. The minimum atomic E-state index is -5.17. The molecule has 0 saturated carbocycles. The van der Waals surface area contributed by atoms with E-state index in [4.69, 9.17) is 20.4 Å². The van der Waals surface area contributed by atoms with Gasteiger partial charge < -0.3 is 24.1 Å². The number of nitrogen functional groups attached to an aromatic ring is 1. The van der Waals surface area contributed by atoms with E-state index in [0.29, 0.717) is 0 Å². The van der Waals surface area contributed by atoms with Crippen LogP contribution in [-0.2, 0) is 15.7 Å². The average molecular weight is 282 g/mol. The predicted molar refractivity (Wildman–Crippen MR) is 56.7 cm³/mol. The molecule has 1 aromatic heterocycles. The van der Waals surface area contributed by atoms with Gasteiger partial charge in [0.25, 0.3) is 5.82 Å². The van der Waals surface area contributed by atoms with E-state index in [0.717, 1.165) is 4.57 Å². The van der Waals surface area contributed by atoms with E-state index >= 15 is 0 Å². The zero-order valence-electron chi connectivity index (χ0n) is 8.58. The van der Waals surface area contributed by atoms with Gasteiger partial charge in [0.15, 0.2) is 13.0 Å². The maximum atomic E-state index is 11.0. The second-order valence-electron chi connectivity index (χ2n) is 3.41. The Morgan fingerprint density at radius 2 is 1.94 bits per heavy atom. The molecule has 1 heterocycles. The molecular formula is C7H12N2O6P2. The Hall–Kier alpha value is -0.750. The number of hydrogen-bond acceptors (Lipinski definition) is 4. The molecule has 0 amide bonds. The Labute approximate surface area is 97.0 Å². The van der Waals surface area contributed by atoms with Gasteiger partial charge >= 0.3 is 7.60 Å². The molecule has 0 bridgehead atoms. The van der Waals surface area contributed by atoms with E-state index in [1.165, 1.54) is 18.3 Å². The lowest BCUT2D eigenvalue weighted by Crippen LogP contribution is -2.42. The Morgan fingerprint density at radius 1 is 1.35 bits per heavy atom. The van der Waals surface area contributed by atoms with E-state index in [1.807, 2.05) is 0 Å². The number of aromatic nitrogens is 1. The molecule has 10 heteroatoms. The molecule has 1 aromatic rings. The smallest absolute Gasteiger partial charge is 0.341 e. The summed E-state index contributed by atoms with van der Waals surface area (Å²) >= 11 is 0. The van der Waals surface area contributed by atoms with Crippen molar-refractivity contribution in [1.29, 1.82) is 0 Å². The number of nitrogens with two attached hydrogens (primary N) is 1.